The zero-order valence-corrected chi connectivity index (χ0v) is 18.6. The lowest BCUT2D eigenvalue weighted by Crippen LogP contribution is -2.31. The standard InChI is InChI=1S/C25H28N4O2/c1-15-20(13-26)22-24(31-25(27-22)16-8-9-16)23(29-11-10-18(14-29)28(2)3)21(15)17-6-5-7-19(12-17)30-4/h5-7,12,16,18H,8-11,14H2,1-4H3. The van der Waals surface area contributed by atoms with Crippen LogP contribution in [0.5, 0.6) is 5.75 Å². The average molecular weight is 417 g/mol. The highest BCUT2D eigenvalue weighted by atomic mass is 16.5. The van der Waals surface area contributed by atoms with Gasteiger partial charge in [-0.2, -0.15) is 5.26 Å². The first-order valence-electron chi connectivity index (χ1n) is 10.9. The van der Waals surface area contributed by atoms with Gasteiger partial charge in [0.25, 0.3) is 0 Å². The van der Waals surface area contributed by atoms with Gasteiger partial charge in [0.15, 0.2) is 11.5 Å². The predicted molar refractivity (Wildman–Crippen MR) is 122 cm³/mol. The van der Waals surface area contributed by atoms with Crippen LogP contribution in [0.4, 0.5) is 5.69 Å². The normalized spacial score (nSPS) is 18.7. The van der Waals surface area contributed by atoms with E-state index in [4.69, 9.17) is 14.1 Å². The lowest BCUT2D eigenvalue weighted by Gasteiger charge is -2.26. The number of nitriles is 1. The number of anilines is 1. The summed E-state index contributed by atoms with van der Waals surface area (Å²) in [5.74, 6) is 1.96. The van der Waals surface area contributed by atoms with Crippen LogP contribution in [0.15, 0.2) is 28.7 Å². The van der Waals surface area contributed by atoms with Crippen LogP contribution in [-0.2, 0) is 0 Å². The summed E-state index contributed by atoms with van der Waals surface area (Å²) in [7, 11) is 5.95. The van der Waals surface area contributed by atoms with Crippen molar-refractivity contribution in [2.24, 2.45) is 0 Å². The highest BCUT2D eigenvalue weighted by molar-refractivity contribution is 6.02. The summed E-state index contributed by atoms with van der Waals surface area (Å²) in [4.78, 5) is 9.51. The zero-order chi connectivity index (χ0) is 21.7. The van der Waals surface area contributed by atoms with Crippen molar-refractivity contribution in [3.05, 3.63) is 41.3 Å². The summed E-state index contributed by atoms with van der Waals surface area (Å²) in [6, 6.07) is 11.0. The number of nitrogens with zero attached hydrogens (tertiary/aromatic N) is 4. The predicted octanol–water partition coefficient (Wildman–Crippen LogP) is 4.70. The molecular formula is C25H28N4O2. The van der Waals surface area contributed by atoms with E-state index < -0.39 is 0 Å². The van der Waals surface area contributed by atoms with Crippen molar-refractivity contribution in [1.82, 2.24) is 9.88 Å². The fourth-order valence-corrected chi connectivity index (χ4v) is 4.70. The van der Waals surface area contributed by atoms with Crippen LogP contribution in [0.2, 0.25) is 0 Å². The van der Waals surface area contributed by atoms with Gasteiger partial charge in [0.05, 0.1) is 18.4 Å². The molecule has 6 nitrogen and oxygen atoms in total. The fourth-order valence-electron chi connectivity index (χ4n) is 4.70. The molecule has 0 spiro atoms. The third-order valence-electron chi connectivity index (χ3n) is 6.69. The molecule has 1 aliphatic heterocycles. The number of methoxy groups -OCH3 is 1. The lowest BCUT2D eigenvalue weighted by atomic mass is 9.93. The van der Waals surface area contributed by atoms with Crippen LogP contribution < -0.4 is 9.64 Å². The van der Waals surface area contributed by atoms with Crippen molar-refractivity contribution in [1.29, 1.82) is 5.26 Å². The molecule has 1 unspecified atom stereocenters. The minimum atomic E-state index is 0.389. The Morgan fingerprint density at radius 2 is 2.06 bits per heavy atom. The van der Waals surface area contributed by atoms with E-state index in [1.165, 1.54) is 0 Å². The van der Waals surface area contributed by atoms with E-state index in [1.807, 2.05) is 25.1 Å². The number of rotatable bonds is 5. The first-order chi connectivity index (χ1) is 15.0. The van der Waals surface area contributed by atoms with Crippen LogP contribution in [0, 0.1) is 18.3 Å². The summed E-state index contributed by atoms with van der Waals surface area (Å²) in [5.41, 5.74) is 6.14. The number of benzene rings is 2. The molecule has 2 heterocycles. The average Bonchev–Trinajstić information content (AvgIpc) is 3.33. The second-order valence-electron chi connectivity index (χ2n) is 8.92. The number of fused-ring (bicyclic) bond motifs is 1. The van der Waals surface area contributed by atoms with Gasteiger partial charge >= 0.3 is 0 Å². The molecule has 1 saturated carbocycles. The van der Waals surface area contributed by atoms with Gasteiger partial charge in [-0.05, 0) is 63.5 Å². The molecule has 31 heavy (non-hydrogen) atoms. The van der Waals surface area contributed by atoms with Crippen molar-refractivity contribution in [2.75, 3.05) is 39.2 Å². The Kier molecular flexibility index (Phi) is 4.86. The molecule has 0 N–H and O–H groups in total. The van der Waals surface area contributed by atoms with Crippen LogP contribution >= 0.6 is 0 Å². The maximum Gasteiger partial charge on any atom is 0.198 e. The van der Waals surface area contributed by atoms with E-state index in [-0.39, 0.29) is 0 Å². The van der Waals surface area contributed by atoms with E-state index in [9.17, 15) is 5.26 Å². The topological polar surface area (TPSA) is 65.5 Å². The van der Waals surface area contributed by atoms with Crippen LogP contribution in [-0.4, -0.2) is 50.2 Å². The molecule has 1 atom stereocenters. The van der Waals surface area contributed by atoms with Gasteiger partial charge in [-0.1, -0.05) is 12.1 Å². The zero-order valence-electron chi connectivity index (χ0n) is 18.6. The number of hydrogen-bond acceptors (Lipinski definition) is 6. The van der Waals surface area contributed by atoms with Crippen molar-refractivity contribution in [3.63, 3.8) is 0 Å². The van der Waals surface area contributed by atoms with Gasteiger partial charge in [-0.15, -0.1) is 0 Å². The molecule has 5 rings (SSSR count). The molecule has 1 saturated heterocycles. The smallest absolute Gasteiger partial charge is 0.198 e. The lowest BCUT2D eigenvalue weighted by molar-refractivity contribution is 0.315. The minimum absolute atomic E-state index is 0.389. The van der Waals surface area contributed by atoms with Crippen molar-refractivity contribution >= 4 is 16.8 Å². The first kappa shape index (κ1) is 19.9. The Morgan fingerprint density at radius 1 is 1.26 bits per heavy atom. The largest absolute Gasteiger partial charge is 0.497 e. The van der Waals surface area contributed by atoms with Crippen molar-refractivity contribution in [3.8, 4) is 22.9 Å². The molecule has 0 amide bonds. The second-order valence-corrected chi connectivity index (χ2v) is 8.92. The van der Waals surface area contributed by atoms with Gasteiger partial charge in [-0.3, -0.25) is 0 Å². The molecule has 1 aliphatic carbocycles. The SMILES string of the molecule is COc1cccc(-c2c(C)c(C#N)c3nc(C4CC4)oc3c2N2CCC(N(C)C)C2)c1. The molecule has 2 aliphatic rings. The molecule has 160 valence electrons. The van der Waals surface area contributed by atoms with Gasteiger partial charge < -0.3 is 19.0 Å². The highest BCUT2D eigenvalue weighted by Gasteiger charge is 2.34. The van der Waals surface area contributed by atoms with Gasteiger partial charge in [0, 0.05) is 30.6 Å². The van der Waals surface area contributed by atoms with Gasteiger partial charge in [0.1, 0.15) is 17.3 Å². The Bertz CT molecular complexity index is 1190. The second kappa shape index (κ2) is 7.58. The Hall–Kier alpha value is -3.04. The van der Waals surface area contributed by atoms with E-state index in [0.29, 0.717) is 23.0 Å². The van der Waals surface area contributed by atoms with Crippen LogP contribution in [0.1, 0.15) is 42.2 Å². The number of ether oxygens (including phenoxy) is 1. The van der Waals surface area contributed by atoms with Gasteiger partial charge in [0.2, 0.25) is 0 Å². The summed E-state index contributed by atoms with van der Waals surface area (Å²) in [5, 5.41) is 10.0. The highest BCUT2D eigenvalue weighted by Crippen LogP contribution is 2.47. The van der Waals surface area contributed by atoms with E-state index in [2.05, 4.69) is 36.0 Å². The Balaban J connectivity index is 1.79. The molecule has 6 heteroatoms. The number of likely N-dealkylation sites (N-methyl/N-ethyl adjacent to an activating group) is 1. The van der Waals surface area contributed by atoms with Crippen molar-refractivity contribution in [2.45, 2.75) is 38.1 Å². The quantitative estimate of drug-likeness (QED) is 0.601. The molecule has 3 aromatic rings. The fraction of sp³-hybridized carbons (Fsp3) is 0.440. The van der Waals surface area contributed by atoms with E-state index in [1.54, 1.807) is 7.11 Å². The summed E-state index contributed by atoms with van der Waals surface area (Å²) in [6.07, 6.45) is 3.31. The number of aromatic nitrogens is 1. The van der Waals surface area contributed by atoms with Crippen LogP contribution in [0.25, 0.3) is 22.2 Å². The third-order valence-corrected chi connectivity index (χ3v) is 6.69. The van der Waals surface area contributed by atoms with Gasteiger partial charge in [-0.25, -0.2) is 4.98 Å². The molecule has 2 fully saturated rings. The summed E-state index contributed by atoms with van der Waals surface area (Å²) < 4.78 is 11.9. The Morgan fingerprint density at radius 3 is 2.71 bits per heavy atom. The third kappa shape index (κ3) is 3.34. The van der Waals surface area contributed by atoms with Crippen molar-refractivity contribution < 1.29 is 9.15 Å². The summed E-state index contributed by atoms with van der Waals surface area (Å²) >= 11 is 0. The number of oxazole rings is 1. The first-order valence-corrected chi connectivity index (χ1v) is 10.9. The maximum absolute atomic E-state index is 10.0. The molecule has 0 bridgehead atoms. The van der Waals surface area contributed by atoms with E-state index in [0.717, 1.165) is 72.0 Å². The molecular weight excluding hydrogens is 388 g/mol. The number of hydrogen-bond donors (Lipinski definition) is 0. The summed E-state index contributed by atoms with van der Waals surface area (Å²) in [6.45, 7) is 3.89. The molecule has 1 aromatic heterocycles. The molecule has 2 aromatic carbocycles. The van der Waals surface area contributed by atoms with E-state index >= 15 is 0 Å². The maximum atomic E-state index is 10.0. The Labute approximate surface area is 183 Å². The molecule has 0 radical (unpaired) electrons. The monoisotopic (exact) mass is 416 g/mol. The minimum Gasteiger partial charge on any atom is -0.497 e. The van der Waals surface area contributed by atoms with Crippen LogP contribution in [0.3, 0.4) is 0 Å².